The number of rotatable bonds is 4. The van der Waals surface area contributed by atoms with Gasteiger partial charge in [-0.25, -0.2) is 8.78 Å². The van der Waals surface area contributed by atoms with E-state index in [9.17, 15) is 14.0 Å². The number of morpholine rings is 1. The molecule has 7 nitrogen and oxygen atoms in total. The predicted octanol–water partition coefficient (Wildman–Crippen LogP) is 5.34. The highest BCUT2D eigenvalue weighted by Crippen LogP contribution is 2.48. The van der Waals surface area contributed by atoms with E-state index in [0.29, 0.717) is 24.3 Å². The zero-order valence-electron chi connectivity index (χ0n) is 23.8. The third-order valence-electron chi connectivity index (χ3n) is 9.09. The zero-order chi connectivity index (χ0) is 29.9. The van der Waals surface area contributed by atoms with E-state index in [4.69, 9.17) is 9.47 Å². The Kier molecular flexibility index (Phi) is 6.71. The fourth-order valence-electron chi connectivity index (χ4n) is 7.03. The largest absolute Gasteiger partial charge is 0.482 e. The molecule has 10 heteroatoms. The van der Waals surface area contributed by atoms with E-state index in [2.05, 4.69) is 12.1 Å². The molecule has 0 saturated carbocycles. The molecule has 4 heterocycles. The Balaban J connectivity index is 1.36. The van der Waals surface area contributed by atoms with Crippen LogP contribution in [-0.4, -0.2) is 41.4 Å². The highest BCUT2D eigenvalue weighted by atomic mass is 32.2. The van der Waals surface area contributed by atoms with Crippen molar-refractivity contribution in [1.82, 2.24) is 9.58 Å². The Hall–Kier alpha value is -4.15. The summed E-state index contributed by atoms with van der Waals surface area (Å²) in [6.45, 7) is 0.967. The minimum atomic E-state index is -0.892. The van der Waals surface area contributed by atoms with E-state index in [1.807, 2.05) is 35.3 Å². The van der Waals surface area contributed by atoms with Gasteiger partial charge in [-0.1, -0.05) is 48.5 Å². The summed E-state index contributed by atoms with van der Waals surface area (Å²) >= 11 is 1.54. The van der Waals surface area contributed by atoms with Crippen LogP contribution in [0.5, 0.6) is 5.75 Å². The molecule has 224 valence electrons. The standard InChI is InChI=1S/C34H29F2N3O4S/c35-26-12-11-23-25(29(26)36)19-44-33-22-8-4-7-21(22)9-10-24(33)30(23)39-28-18-42-16-15-37(28)34(41)31-32(27(40)13-14-38(31)39)43-17-20-5-2-1-3-6-20/h1-3,5-6,9-14,28,30H,4,7-8,15-19H2/t28-,30?/m1/s1. The number of pyridine rings is 1. The Morgan fingerprint density at radius 1 is 0.955 bits per heavy atom. The van der Waals surface area contributed by atoms with Gasteiger partial charge >= 0.3 is 0 Å². The van der Waals surface area contributed by atoms with Crippen molar-refractivity contribution in [3.63, 3.8) is 0 Å². The minimum absolute atomic E-state index is 0.0426. The summed E-state index contributed by atoms with van der Waals surface area (Å²) in [5.41, 5.74) is 4.96. The monoisotopic (exact) mass is 613 g/mol. The summed E-state index contributed by atoms with van der Waals surface area (Å²) in [6, 6.07) is 17.3. The second-order valence-electron chi connectivity index (χ2n) is 11.5. The molecule has 1 saturated heterocycles. The molecule has 1 unspecified atom stereocenters. The number of amides is 1. The number of carbonyl (C=O) groups is 1. The van der Waals surface area contributed by atoms with Gasteiger partial charge in [-0.15, -0.1) is 11.8 Å². The lowest BCUT2D eigenvalue weighted by molar-refractivity contribution is -0.0199. The van der Waals surface area contributed by atoms with Crippen LogP contribution in [0.2, 0.25) is 0 Å². The number of aryl methyl sites for hydroxylation is 1. The molecule has 44 heavy (non-hydrogen) atoms. The van der Waals surface area contributed by atoms with Crippen molar-refractivity contribution in [2.24, 2.45) is 0 Å². The minimum Gasteiger partial charge on any atom is -0.482 e. The number of ether oxygens (including phenoxy) is 2. The molecule has 4 aromatic rings. The smallest absolute Gasteiger partial charge is 0.278 e. The van der Waals surface area contributed by atoms with Gasteiger partial charge in [0.15, 0.2) is 23.1 Å². The van der Waals surface area contributed by atoms with Crippen molar-refractivity contribution in [3.8, 4) is 5.75 Å². The number of aromatic nitrogens is 1. The van der Waals surface area contributed by atoms with Crippen LogP contribution in [0.15, 0.2) is 76.6 Å². The maximum absolute atomic E-state index is 15.6. The second kappa shape index (κ2) is 10.8. The summed E-state index contributed by atoms with van der Waals surface area (Å²) in [6.07, 6.45) is 3.97. The Labute approximate surface area is 257 Å². The van der Waals surface area contributed by atoms with Crippen LogP contribution in [0, 0.1) is 11.6 Å². The third kappa shape index (κ3) is 4.26. The van der Waals surface area contributed by atoms with Gasteiger partial charge in [0.1, 0.15) is 12.8 Å². The van der Waals surface area contributed by atoms with Gasteiger partial charge in [0.25, 0.3) is 5.91 Å². The summed E-state index contributed by atoms with van der Waals surface area (Å²) < 4.78 is 44.0. The normalized spacial score (nSPS) is 20.3. The average molecular weight is 614 g/mol. The van der Waals surface area contributed by atoms with Gasteiger partial charge < -0.3 is 14.4 Å². The Morgan fingerprint density at radius 3 is 2.66 bits per heavy atom. The van der Waals surface area contributed by atoms with Crippen molar-refractivity contribution in [2.45, 2.75) is 48.7 Å². The van der Waals surface area contributed by atoms with Crippen LogP contribution >= 0.6 is 11.8 Å². The molecule has 4 aliphatic rings. The van der Waals surface area contributed by atoms with Gasteiger partial charge in [0, 0.05) is 35.0 Å². The lowest BCUT2D eigenvalue weighted by atomic mass is 9.91. The lowest BCUT2D eigenvalue weighted by Gasteiger charge is -2.51. The SMILES string of the molecule is O=C1c2c(OCc3ccccc3)c(=O)ccn2N(C2c3ccc(F)c(F)c3CSc3c2ccc2c3CCC2)[C@@H]2COCCN12. The van der Waals surface area contributed by atoms with E-state index in [1.165, 1.54) is 23.3 Å². The van der Waals surface area contributed by atoms with Crippen molar-refractivity contribution in [2.75, 3.05) is 24.8 Å². The van der Waals surface area contributed by atoms with Crippen molar-refractivity contribution < 1.29 is 23.0 Å². The van der Waals surface area contributed by atoms with Gasteiger partial charge in [0.2, 0.25) is 5.43 Å². The number of benzene rings is 3. The Bertz CT molecular complexity index is 1860. The number of hydrogen-bond acceptors (Lipinski definition) is 6. The first kappa shape index (κ1) is 27.4. The molecule has 0 radical (unpaired) electrons. The molecule has 1 aromatic heterocycles. The number of hydrogen-bond donors (Lipinski definition) is 0. The average Bonchev–Trinajstić information content (AvgIpc) is 3.47. The quantitative estimate of drug-likeness (QED) is 0.310. The van der Waals surface area contributed by atoms with Gasteiger partial charge in [-0.3, -0.25) is 19.3 Å². The number of nitrogens with zero attached hydrogens (tertiary/aromatic N) is 3. The molecular weight excluding hydrogens is 584 g/mol. The topological polar surface area (TPSA) is 64.0 Å². The van der Waals surface area contributed by atoms with Crippen LogP contribution in [-0.2, 0) is 29.9 Å². The van der Waals surface area contributed by atoms with Gasteiger partial charge in [-0.2, -0.15) is 0 Å². The summed E-state index contributed by atoms with van der Waals surface area (Å²) in [5, 5.41) is 1.99. The third-order valence-corrected chi connectivity index (χ3v) is 10.3. The fourth-order valence-corrected chi connectivity index (χ4v) is 8.37. The highest BCUT2D eigenvalue weighted by molar-refractivity contribution is 7.98. The van der Waals surface area contributed by atoms with Crippen molar-refractivity contribution in [3.05, 3.63) is 128 Å². The van der Waals surface area contributed by atoms with E-state index in [1.54, 1.807) is 33.6 Å². The first-order chi connectivity index (χ1) is 21.5. The molecule has 0 N–H and O–H groups in total. The first-order valence-corrected chi connectivity index (χ1v) is 15.8. The molecule has 3 aromatic carbocycles. The van der Waals surface area contributed by atoms with E-state index >= 15 is 4.39 Å². The molecule has 1 amide bonds. The molecule has 1 fully saturated rings. The maximum Gasteiger partial charge on any atom is 0.278 e. The van der Waals surface area contributed by atoms with Crippen LogP contribution in [0.25, 0.3) is 0 Å². The summed E-state index contributed by atoms with van der Waals surface area (Å²) in [7, 11) is 0. The number of halogens is 2. The van der Waals surface area contributed by atoms with Gasteiger partial charge in [0.05, 0.1) is 19.3 Å². The summed E-state index contributed by atoms with van der Waals surface area (Å²) in [5.74, 6) is -1.85. The highest BCUT2D eigenvalue weighted by Gasteiger charge is 2.46. The maximum atomic E-state index is 15.6. The van der Waals surface area contributed by atoms with Crippen LogP contribution in [0.4, 0.5) is 8.78 Å². The fraction of sp³-hybridized carbons (Fsp3) is 0.294. The van der Waals surface area contributed by atoms with Crippen molar-refractivity contribution in [1.29, 1.82) is 0 Å². The zero-order valence-corrected chi connectivity index (χ0v) is 24.6. The lowest BCUT2D eigenvalue weighted by Crippen LogP contribution is -2.66. The van der Waals surface area contributed by atoms with Crippen LogP contribution in [0.3, 0.4) is 0 Å². The van der Waals surface area contributed by atoms with Gasteiger partial charge in [-0.05, 0) is 53.1 Å². The van der Waals surface area contributed by atoms with E-state index in [0.717, 1.165) is 35.3 Å². The molecular formula is C34H29F2N3O4S. The van der Waals surface area contributed by atoms with E-state index < -0.39 is 29.3 Å². The number of carbonyl (C=O) groups excluding carboxylic acids is 1. The molecule has 3 aliphatic heterocycles. The second-order valence-corrected chi connectivity index (χ2v) is 12.5. The van der Waals surface area contributed by atoms with Crippen LogP contribution < -0.4 is 15.2 Å². The van der Waals surface area contributed by atoms with E-state index in [-0.39, 0.29) is 36.3 Å². The molecule has 0 spiro atoms. The number of fused-ring (bicyclic) bond motifs is 6. The first-order valence-electron chi connectivity index (χ1n) is 14.8. The Morgan fingerprint density at radius 2 is 1.80 bits per heavy atom. The molecule has 2 atom stereocenters. The predicted molar refractivity (Wildman–Crippen MR) is 162 cm³/mol. The summed E-state index contributed by atoms with van der Waals surface area (Å²) in [4.78, 5) is 30.3. The molecule has 1 aliphatic carbocycles. The van der Waals surface area contributed by atoms with Crippen LogP contribution in [0.1, 0.15) is 56.3 Å². The molecule has 8 rings (SSSR count). The molecule has 0 bridgehead atoms. The number of thioether (sulfide) groups is 1. The van der Waals surface area contributed by atoms with Crippen molar-refractivity contribution >= 4 is 17.7 Å².